The van der Waals surface area contributed by atoms with Crippen LogP contribution in [0.5, 0.6) is 0 Å². The summed E-state index contributed by atoms with van der Waals surface area (Å²) in [5.41, 5.74) is -0.731. The van der Waals surface area contributed by atoms with Crippen molar-refractivity contribution in [3.8, 4) is 6.19 Å². The summed E-state index contributed by atoms with van der Waals surface area (Å²) in [5.74, 6) is -1.18. The summed E-state index contributed by atoms with van der Waals surface area (Å²) in [6.45, 7) is 4.85. The van der Waals surface area contributed by atoms with Gasteiger partial charge in [-0.25, -0.2) is 13.6 Å². The van der Waals surface area contributed by atoms with Gasteiger partial charge in [-0.3, -0.25) is 5.32 Å². The minimum Gasteiger partial charge on any atom is -0.333 e. The molecule has 10 heteroatoms. The Hall–Kier alpha value is -3.19. The van der Waals surface area contributed by atoms with Gasteiger partial charge >= 0.3 is 6.03 Å². The highest BCUT2D eigenvalue weighted by atomic mass is 32.1. The van der Waals surface area contributed by atoms with Gasteiger partial charge in [-0.1, -0.05) is 0 Å². The Kier molecular flexibility index (Phi) is 5.98. The first-order chi connectivity index (χ1) is 13.8. The molecule has 1 aliphatic rings. The van der Waals surface area contributed by atoms with Crippen molar-refractivity contribution in [2.75, 3.05) is 30.3 Å². The highest BCUT2D eigenvalue weighted by molar-refractivity contribution is 7.14. The maximum atomic E-state index is 14.0. The highest BCUT2D eigenvalue weighted by Crippen LogP contribution is 2.25. The molecule has 2 amide bonds. The normalized spacial score (nSPS) is 16.3. The second-order valence-electron chi connectivity index (χ2n) is 7.08. The molecule has 152 valence electrons. The van der Waals surface area contributed by atoms with Crippen LogP contribution in [0.4, 0.5) is 24.3 Å². The predicted octanol–water partition coefficient (Wildman–Crippen LogP) is 3.90. The van der Waals surface area contributed by atoms with Crippen LogP contribution < -0.4 is 10.6 Å². The van der Waals surface area contributed by atoms with E-state index in [0.29, 0.717) is 19.6 Å². The van der Waals surface area contributed by atoms with Crippen LogP contribution in [0.25, 0.3) is 0 Å². The van der Waals surface area contributed by atoms with E-state index in [4.69, 9.17) is 5.26 Å². The molecular weight excluding hydrogens is 398 g/mol. The lowest BCUT2D eigenvalue weighted by Crippen LogP contribution is -2.63. The number of urea groups is 1. The fourth-order valence-corrected chi connectivity index (χ4v) is 3.78. The fraction of sp³-hybridized carbons (Fsp3) is 0.316. The van der Waals surface area contributed by atoms with Gasteiger partial charge in [0.2, 0.25) is 12.2 Å². The summed E-state index contributed by atoms with van der Waals surface area (Å²) in [6, 6.07) is 6.46. The van der Waals surface area contributed by atoms with Gasteiger partial charge in [0.05, 0.1) is 16.2 Å². The number of rotatable bonds is 2. The van der Waals surface area contributed by atoms with Gasteiger partial charge in [-0.05, 0) is 43.5 Å². The van der Waals surface area contributed by atoms with Crippen molar-refractivity contribution in [3.05, 3.63) is 47.3 Å². The molecule has 0 unspecified atom stereocenters. The van der Waals surface area contributed by atoms with Crippen molar-refractivity contribution in [1.29, 1.82) is 5.26 Å². The molecule has 0 saturated carbocycles. The van der Waals surface area contributed by atoms with Crippen LogP contribution in [0.15, 0.2) is 40.7 Å². The first-order valence-electron chi connectivity index (χ1n) is 8.86. The van der Waals surface area contributed by atoms with E-state index in [9.17, 15) is 13.6 Å². The molecule has 7 nitrogen and oxygen atoms in total. The Labute approximate surface area is 171 Å². The van der Waals surface area contributed by atoms with E-state index in [1.807, 2.05) is 31.4 Å². The molecule has 0 atom stereocenters. The van der Waals surface area contributed by atoms with Crippen molar-refractivity contribution >= 4 is 34.0 Å². The zero-order valence-electron chi connectivity index (χ0n) is 15.9. The summed E-state index contributed by atoms with van der Waals surface area (Å²) in [5, 5.41) is 17.3. The molecule has 0 radical (unpaired) electrons. The van der Waals surface area contributed by atoms with Crippen LogP contribution in [-0.2, 0) is 0 Å². The van der Waals surface area contributed by atoms with Gasteiger partial charge in [0.1, 0.15) is 11.6 Å². The Bertz CT molecular complexity index is 954. The van der Waals surface area contributed by atoms with Gasteiger partial charge < -0.3 is 15.1 Å². The van der Waals surface area contributed by atoms with Crippen molar-refractivity contribution in [1.82, 2.24) is 9.80 Å². The number of nitrogens with one attached hydrogen (secondary N) is 2. The quantitative estimate of drug-likeness (QED) is 0.440. The third kappa shape index (κ3) is 4.81. The second-order valence-corrected chi connectivity index (χ2v) is 8.03. The number of aliphatic imine (C=N–C) groups is 1. The van der Waals surface area contributed by atoms with Crippen molar-refractivity contribution < 1.29 is 13.6 Å². The molecule has 3 rings (SSSR count). The number of halogens is 2. The molecule has 2 N–H and O–H groups in total. The van der Waals surface area contributed by atoms with Crippen molar-refractivity contribution in [2.45, 2.75) is 19.4 Å². The fourth-order valence-electron chi connectivity index (χ4n) is 3.17. The number of carbonyl (C=O) groups excluding carboxylic acids is 1. The molecule has 1 fully saturated rings. The van der Waals surface area contributed by atoms with Gasteiger partial charge in [0.15, 0.2) is 0 Å². The van der Waals surface area contributed by atoms with E-state index in [-0.39, 0.29) is 17.7 Å². The Morgan fingerprint density at radius 2 is 2.07 bits per heavy atom. The number of nitriles is 1. The van der Waals surface area contributed by atoms with Crippen molar-refractivity contribution in [3.63, 3.8) is 0 Å². The molecule has 1 saturated heterocycles. The maximum absolute atomic E-state index is 14.0. The third-order valence-corrected chi connectivity index (χ3v) is 5.31. The average molecular weight is 418 g/mol. The van der Waals surface area contributed by atoms with E-state index >= 15 is 0 Å². The van der Waals surface area contributed by atoms with Crippen molar-refractivity contribution in [2.24, 2.45) is 4.99 Å². The lowest BCUT2D eigenvalue weighted by molar-refractivity contribution is 0.0938. The average Bonchev–Trinajstić information content (AvgIpc) is 3.16. The molecule has 1 aromatic carbocycles. The molecule has 0 spiro atoms. The highest BCUT2D eigenvalue weighted by Gasteiger charge is 2.38. The van der Waals surface area contributed by atoms with Crippen LogP contribution in [-0.4, -0.2) is 47.0 Å². The minimum atomic E-state index is -0.663. The Morgan fingerprint density at radius 1 is 1.28 bits per heavy atom. The number of amides is 2. The monoisotopic (exact) mass is 418 g/mol. The number of hydrogen-bond donors (Lipinski definition) is 2. The van der Waals surface area contributed by atoms with Crippen LogP contribution in [0.1, 0.15) is 13.8 Å². The Balaban J connectivity index is 1.75. The van der Waals surface area contributed by atoms with Crippen LogP contribution in [0.3, 0.4) is 0 Å². The molecule has 0 aliphatic carbocycles. The summed E-state index contributed by atoms with van der Waals surface area (Å²) in [7, 11) is 0. The van der Waals surface area contributed by atoms with Gasteiger partial charge in [0.25, 0.3) is 0 Å². The SMILES string of the molecule is CC1(C)CN(C(=O)Nc2cccs2)CCN1/C(=N\C#N)Nc1cc(F)ccc1F. The second kappa shape index (κ2) is 8.45. The third-order valence-electron chi connectivity index (χ3n) is 4.53. The number of thiophene rings is 1. The zero-order valence-corrected chi connectivity index (χ0v) is 16.8. The van der Waals surface area contributed by atoms with E-state index in [2.05, 4.69) is 15.6 Å². The van der Waals surface area contributed by atoms with Gasteiger partial charge in [0, 0.05) is 25.7 Å². The summed E-state index contributed by atoms with van der Waals surface area (Å²) in [6.07, 6.45) is 1.70. The molecule has 0 bridgehead atoms. The summed E-state index contributed by atoms with van der Waals surface area (Å²) < 4.78 is 27.5. The van der Waals surface area contributed by atoms with Crippen LogP contribution in [0.2, 0.25) is 0 Å². The standard InChI is InChI=1S/C19H20F2N6OS/c1-19(2)11-26(18(28)25-16-4-3-9-29-16)7-8-27(19)17(23-12-22)24-15-10-13(20)5-6-14(15)21/h3-6,9-10H,7-8,11H2,1-2H3,(H,23,24)(H,25,28). The zero-order chi connectivity index (χ0) is 21.0. The molecular formula is C19H20F2N6OS. The molecule has 2 heterocycles. The number of benzene rings is 1. The first-order valence-corrected chi connectivity index (χ1v) is 9.74. The van der Waals surface area contributed by atoms with Crippen LogP contribution >= 0.6 is 11.3 Å². The van der Waals surface area contributed by atoms with Crippen LogP contribution in [0, 0.1) is 23.1 Å². The predicted molar refractivity (Wildman–Crippen MR) is 109 cm³/mol. The number of hydrogen-bond acceptors (Lipinski definition) is 4. The largest absolute Gasteiger partial charge is 0.333 e. The minimum absolute atomic E-state index is 0.0975. The number of nitrogens with zero attached hydrogens (tertiary/aromatic N) is 4. The summed E-state index contributed by atoms with van der Waals surface area (Å²) in [4.78, 5) is 19.8. The number of piperazine rings is 1. The maximum Gasteiger partial charge on any atom is 0.322 e. The van der Waals surface area contributed by atoms with Gasteiger partial charge in [-0.2, -0.15) is 5.26 Å². The Morgan fingerprint density at radius 3 is 2.72 bits per heavy atom. The lowest BCUT2D eigenvalue weighted by atomic mass is 9.99. The molecule has 2 aromatic rings. The van der Waals surface area contributed by atoms with E-state index in [0.717, 1.165) is 23.2 Å². The topological polar surface area (TPSA) is 83.8 Å². The van der Waals surface area contributed by atoms with Gasteiger partial charge in [-0.15, -0.1) is 16.3 Å². The van der Waals surface area contributed by atoms with E-state index in [1.54, 1.807) is 16.0 Å². The lowest BCUT2D eigenvalue weighted by Gasteiger charge is -2.48. The number of carbonyl (C=O) groups is 1. The molecule has 1 aromatic heterocycles. The van der Waals surface area contributed by atoms with E-state index in [1.165, 1.54) is 11.3 Å². The number of guanidine groups is 1. The molecule has 1 aliphatic heterocycles. The van der Waals surface area contributed by atoms with E-state index < -0.39 is 17.2 Å². The first kappa shape index (κ1) is 20.5. The number of anilines is 2. The molecule has 29 heavy (non-hydrogen) atoms. The smallest absolute Gasteiger partial charge is 0.322 e. The summed E-state index contributed by atoms with van der Waals surface area (Å²) >= 11 is 1.43.